The van der Waals surface area contributed by atoms with E-state index in [1.54, 1.807) is 25.6 Å². The largest absolute Gasteiger partial charge is 0.496 e. The van der Waals surface area contributed by atoms with Crippen molar-refractivity contribution in [3.05, 3.63) is 83.8 Å². The number of rotatable bonds is 5. The van der Waals surface area contributed by atoms with Crippen LogP contribution in [0.1, 0.15) is 23.6 Å². The predicted octanol–water partition coefficient (Wildman–Crippen LogP) is 6.16. The van der Waals surface area contributed by atoms with E-state index in [1.165, 1.54) is 5.56 Å². The topological polar surface area (TPSA) is 64.4 Å². The van der Waals surface area contributed by atoms with Gasteiger partial charge in [0.1, 0.15) is 17.2 Å². The van der Waals surface area contributed by atoms with Crippen molar-refractivity contribution in [3.8, 4) is 16.9 Å². The van der Waals surface area contributed by atoms with Crippen LogP contribution in [0.25, 0.3) is 27.7 Å². The molecule has 0 unspecified atom stereocenters. The van der Waals surface area contributed by atoms with Gasteiger partial charge in [-0.15, -0.1) is 0 Å². The van der Waals surface area contributed by atoms with Gasteiger partial charge in [0.25, 0.3) is 0 Å². The van der Waals surface area contributed by atoms with Gasteiger partial charge in [-0.2, -0.15) is 0 Å². The molecule has 0 aliphatic rings. The number of furan rings is 1. The molecule has 5 heteroatoms. The number of pyridine rings is 1. The second kappa shape index (κ2) is 8.48. The van der Waals surface area contributed by atoms with Crippen LogP contribution in [-0.2, 0) is 4.79 Å². The number of allylic oxidation sites excluding steroid dienone is 1. The van der Waals surface area contributed by atoms with E-state index in [0.717, 1.165) is 38.8 Å². The van der Waals surface area contributed by atoms with Gasteiger partial charge in [-0.05, 0) is 49.6 Å². The summed E-state index contributed by atoms with van der Waals surface area (Å²) in [6.07, 6.45) is 4.97. The summed E-state index contributed by atoms with van der Waals surface area (Å²) in [6.45, 7) is 5.85. The van der Waals surface area contributed by atoms with E-state index in [-0.39, 0.29) is 5.91 Å². The minimum absolute atomic E-state index is 0.243. The summed E-state index contributed by atoms with van der Waals surface area (Å²) in [5.74, 6) is 0.954. The van der Waals surface area contributed by atoms with Gasteiger partial charge in [0.05, 0.1) is 13.4 Å². The molecule has 0 atom stereocenters. The Kier molecular flexibility index (Phi) is 5.58. The first-order valence-corrected chi connectivity index (χ1v) is 10.0. The van der Waals surface area contributed by atoms with Crippen molar-refractivity contribution in [3.63, 3.8) is 0 Å². The summed E-state index contributed by atoms with van der Waals surface area (Å²) >= 11 is 0. The number of anilines is 1. The maximum atomic E-state index is 12.6. The van der Waals surface area contributed by atoms with E-state index < -0.39 is 0 Å². The van der Waals surface area contributed by atoms with E-state index in [9.17, 15) is 4.79 Å². The normalized spacial score (nSPS) is 11.5. The second-order valence-electron chi connectivity index (χ2n) is 7.55. The number of aromatic nitrogens is 1. The van der Waals surface area contributed by atoms with Crippen LogP contribution in [0, 0.1) is 13.8 Å². The number of carbonyl (C=O) groups excluding carboxylic acids is 1. The highest BCUT2D eigenvalue weighted by molar-refractivity contribution is 6.05. The predicted molar refractivity (Wildman–Crippen MR) is 124 cm³/mol. The van der Waals surface area contributed by atoms with Crippen molar-refractivity contribution in [1.82, 2.24) is 4.98 Å². The quantitative estimate of drug-likeness (QED) is 0.399. The lowest BCUT2D eigenvalue weighted by molar-refractivity contribution is -0.111. The van der Waals surface area contributed by atoms with Crippen molar-refractivity contribution in [2.75, 3.05) is 12.4 Å². The zero-order valence-electron chi connectivity index (χ0n) is 18.0. The summed E-state index contributed by atoms with van der Waals surface area (Å²) in [5, 5.41) is 3.80. The molecule has 0 saturated carbocycles. The molecule has 0 fully saturated rings. The standard InChI is InChI=1S/C26H24N2O3/c1-16-7-9-19(10-8-16)22-15-31-24-14-23(30-4)20(13-21(22)24)18(3)12-25(29)28-26-17(2)6-5-11-27-26/h5-15H,1-4H3,(H,27,28,29)/b18-12+. The van der Waals surface area contributed by atoms with Gasteiger partial charge in [-0.25, -0.2) is 4.98 Å². The van der Waals surface area contributed by atoms with Crippen LogP contribution in [0.4, 0.5) is 5.82 Å². The molecule has 156 valence electrons. The van der Waals surface area contributed by atoms with Crippen LogP contribution in [-0.4, -0.2) is 18.0 Å². The monoisotopic (exact) mass is 412 g/mol. The highest BCUT2D eigenvalue weighted by Gasteiger charge is 2.15. The molecule has 0 aliphatic heterocycles. The molecule has 4 aromatic rings. The Labute approximate surface area is 181 Å². The lowest BCUT2D eigenvalue weighted by Gasteiger charge is -2.10. The molecule has 0 radical (unpaired) electrons. The number of ether oxygens (including phenoxy) is 1. The Balaban J connectivity index is 1.72. The highest BCUT2D eigenvalue weighted by Crippen LogP contribution is 2.37. The first-order chi connectivity index (χ1) is 15.0. The van der Waals surface area contributed by atoms with Crippen LogP contribution in [0.15, 0.2) is 71.5 Å². The molecule has 0 aliphatic carbocycles. The van der Waals surface area contributed by atoms with Gasteiger partial charge < -0.3 is 14.5 Å². The number of methoxy groups -OCH3 is 1. The number of carbonyl (C=O) groups is 1. The van der Waals surface area contributed by atoms with Crippen LogP contribution in [0.2, 0.25) is 0 Å². The first kappa shape index (κ1) is 20.4. The number of hydrogen-bond donors (Lipinski definition) is 1. The van der Waals surface area contributed by atoms with Crippen molar-refractivity contribution in [2.45, 2.75) is 20.8 Å². The number of benzene rings is 2. The van der Waals surface area contributed by atoms with Gasteiger partial charge in [0.15, 0.2) is 0 Å². The molecule has 2 aromatic heterocycles. The number of amides is 1. The number of nitrogens with zero attached hydrogens (tertiary/aromatic N) is 1. The highest BCUT2D eigenvalue weighted by atomic mass is 16.5. The zero-order chi connectivity index (χ0) is 22.0. The van der Waals surface area contributed by atoms with Crippen molar-refractivity contribution >= 4 is 28.3 Å². The molecule has 0 bridgehead atoms. The molecule has 1 amide bonds. The van der Waals surface area contributed by atoms with Crippen molar-refractivity contribution in [1.29, 1.82) is 0 Å². The van der Waals surface area contributed by atoms with E-state index in [4.69, 9.17) is 9.15 Å². The van der Waals surface area contributed by atoms with Crippen LogP contribution < -0.4 is 10.1 Å². The summed E-state index contributed by atoms with van der Waals surface area (Å²) in [4.78, 5) is 16.8. The maximum Gasteiger partial charge on any atom is 0.249 e. The van der Waals surface area contributed by atoms with Crippen LogP contribution >= 0.6 is 0 Å². The lowest BCUT2D eigenvalue weighted by atomic mass is 9.99. The third-order valence-corrected chi connectivity index (χ3v) is 5.28. The Bertz CT molecular complexity index is 1280. The van der Waals surface area contributed by atoms with Crippen molar-refractivity contribution < 1.29 is 13.9 Å². The first-order valence-electron chi connectivity index (χ1n) is 10.0. The molecular formula is C26H24N2O3. The van der Waals surface area contributed by atoms with E-state index in [0.29, 0.717) is 11.6 Å². The number of fused-ring (bicyclic) bond motifs is 1. The SMILES string of the molecule is COc1cc2occ(-c3ccc(C)cc3)c2cc1/C(C)=C/C(=O)Nc1ncccc1C. The molecular weight excluding hydrogens is 388 g/mol. The Morgan fingerprint density at radius 3 is 2.61 bits per heavy atom. The minimum Gasteiger partial charge on any atom is -0.496 e. The molecule has 2 heterocycles. The maximum absolute atomic E-state index is 12.6. The van der Waals surface area contributed by atoms with Gasteiger partial charge in [-0.3, -0.25) is 4.79 Å². The smallest absolute Gasteiger partial charge is 0.249 e. The third kappa shape index (κ3) is 4.21. The molecule has 5 nitrogen and oxygen atoms in total. The van der Waals surface area contributed by atoms with Crippen LogP contribution in [0.3, 0.4) is 0 Å². The third-order valence-electron chi connectivity index (χ3n) is 5.28. The van der Waals surface area contributed by atoms with Gasteiger partial charge in [0.2, 0.25) is 5.91 Å². The number of aryl methyl sites for hydroxylation is 2. The average molecular weight is 412 g/mol. The van der Waals surface area contributed by atoms with E-state index in [1.807, 2.05) is 38.1 Å². The zero-order valence-corrected chi connectivity index (χ0v) is 18.0. The second-order valence-corrected chi connectivity index (χ2v) is 7.55. The Morgan fingerprint density at radius 2 is 1.90 bits per heavy atom. The summed E-state index contributed by atoms with van der Waals surface area (Å²) in [5.41, 5.74) is 6.52. The molecule has 0 saturated heterocycles. The minimum atomic E-state index is -0.243. The van der Waals surface area contributed by atoms with Crippen molar-refractivity contribution in [2.24, 2.45) is 0 Å². The average Bonchev–Trinajstić information content (AvgIpc) is 3.17. The van der Waals surface area contributed by atoms with Crippen LogP contribution in [0.5, 0.6) is 5.75 Å². The van der Waals surface area contributed by atoms with E-state index in [2.05, 4.69) is 41.5 Å². The summed E-state index contributed by atoms with van der Waals surface area (Å²) < 4.78 is 11.4. The Morgan fingerprint density at radius 1 is 1.13 bits per heavy atom. The molecule has 1 N–H and O–H groups in total. The van der Waals surface area contributed by atoms with E-state index >= 15 is 0 Å². The molecule has 4 rings (SSSR count). The summed E-state index contributed by atoms with van der Waals surface area (Å²) in [7, 11) is 1.61. The van der Waals surface area contributed by atoms with Gasteiger partial charge >= 0.3 is 0 Å². The Hall–Kier alpha value is -3.86. The number of nitrogens with one attached hydrogen (secondary N) is 1. The molecule has 2 aromatic carbocycles. The molecule has 0 spiro atoms. The lowest BCUT2D eigenvalue weighted by Crippen LogP contribution is -2.11. The van der Waals surface area contributed by atoms with Gasteiger partial charge in [0, 0.05) is 34.9 Å². The fourth-order valence-corrected chi connectivity index (χ4v) is 3.53. The number of hydrogen-bond acceptors (Lipinski definition) is 4. The van der Waals surface area contributed by atoms with Gasteiger partial charge in [-0.1, -0.05) is 35.9 Å². The fourth-order valence-electron chi connectivity index (χ4n) is 3.53. The fraction of sp³-hybridized carbons (Fsp3) is 0.154. The molecule has 31 heavy (non-hydrogen) atoms. The summed E-state index contributed by atoms with van der Waals surface area (Å²) in [6, 6.07) is 15.9.